The van der Waals surface area contributed by atoms with E-state index in [-0.39, 0.29) is 18.2 Å². The van der Waals surface area contributed by atoms with Gasteiger partial charge in [-0.3, -0.25) is 0 Å². The first-order valence-corrected chi connectivity index (χ1v) is 7.75. The molecule has 0 radical (unpaired) electrons. The van der Waals surface area contributed by atoms with Gasteiger partial charge in [-0.1, -0.05) is 12.1 Å². The topological polar surface area (TPSA) is 60.0 Å². The lowest BCUT2D eigenvalue weighted by Crippen LogP contribution is -2.42. The first kappa shape index (κ1) is 17.1. The Morgan fingerprint density at radius 1 is 1.41 bits per heavy atom. The molecule has 22 heavy (non-hydrogen) atoms. The van der Waals surface area contributed by atoms with Crippen LogP contribution in [0, 0.1) is 6.92 Å². The van der Waals surface area contributed by atoms with Crippen molar-refractivity contribution in [3.63, 3.8) is 0 Å². The van der Waals surface area contributed by atoms with Crippen LogP contribution in [-0.2, 0) is 4.74 Å². The third kappa shape index (κ3) is 5.16. The van der Waals surface area contributed by atoms with Crippen LogP contribution in [0.15, 0.2) is 18.2 Å². The fourth-order valence-corrected chi connectivity index (χ4v) is 2.19. The Kier molecular flexibility index (Phi) is 5.67. The molecular formula is C17H27NO4. The Bertz CT molecular complexity index is 484. The fourth-order valence-electron chi connectivity index (χ4n) is 2.19. The van der Waals surface area contributed by atoms with Crippen molar-refractivity contribution in [3.8, 4) is 11.5 Å². The maximum Gasteiger partial charge on any atom is 0.164 e. The number of β-amino-alcohol motifs (C(OH)–C–C–N with tert-alkyl or cyclic N) is 1. The lowest BCUT2D eigenvalue weighted by molar-refractivity contribution is -0.0222. The number of para-hydroxylation sites is 1. The number of aliphatic hydroxyl groups is 1. The Morgan fingerprint density at radius 2 is 2.18 bits per heavy atom. The van der Waals surface area contributed by atoms with Gasteiger partial charge in [0.15, 0.2) is 17.6 Å². The molecule has 1 aliphatic heterocycles. The fraction of sp³-hybridized carbons (Fsp3) is 0.647. The summed E-state index contributed by atoms with van der Waals surface area (Å²) < 4.78 is 17.1. The van der Waals surface area contributed by atoms with Gasteiger partial charge in [0.25, 0.3) is 0 Å². The van der Waals surface area contributed by atoms with Gasteiger partial charge in [-0.25, -0.2) is 0 Å². The van der Waals surface area contributed by atoms with Crippen LogP contribution in [0.4, 0.5) is 0 Å². The standard InChI is InChI=1S/C17H27NO4/c1-12-6-5-7-15-16(12)21-11-14(22-15)10-20-9-13(19)8-18-17(2,3)4/h5-7,13-14,18-19H,8-11H2,1-4H3. The van der Waals surface area contributed by atoms with Crippen LogP contribution in [0.2, 0.25) is 0 Å². The lowest BCUT2D eigenvalue weighted by Gasteiger charge is -2.28. The van der Waals surface area contributed by atoms with Gasteiger partial charge in [0.2, 0.25) is 0 Å². The summed E-state index contributed by atoms with van der Waals surface area (Å²) in [4.78, 5) is 0. The second-order valence-corrected chi connectivity index (χ2v) is 6.78. The van der Waals surface area contributed by atoms with Crippen LogP contribution in [0.3, 0.4) is 0 Å². The van der Waals surface area contributed by atoms with Crippen LogP contribution >= 0.6 is 0 Å². The highest BCUT2D eigenvalue weighted by molar-refractivity contribution is 5.46. The van der Waals surface area contributed by atoms with Crippen LogP contribution in [-0.4, -0.2) is 49.2 Å². The van der Waals surface area contributed by atoms with Crippen molar-refractivity contribution in [2.24, 2.45) is 0 Å². The average molecular weight is 309 g/mol. The number of fused-ring (bicyclic) bond motifs is 1. The molecule has 2 N–H and O–H groups in total. The average Bonchev–Trinajstić information content (AvgIpc) is 2.45. The van der Waals surface area contributed by atoms with Crippen LogP contribution in [0.5, 0.6) is 11.5 Å². The number of aliphatic hydroxyl groups excluding tert-OH is 1. The molecule has 1 aromatic carbocycles. The van der Waals surface area contributed by atoms with Gasteiger partial charge in [-0.15, -0.1) is 0 Å². The van der Waals surface area contributed by atoms with E-state index in [1.165, 1.54) is 0 Å². The number of rotatable bonds is 6. The highest BCUT2D eigenvalue weighted by Gasteiger charge is 2.22. The third-order valence-corrected chi connectivity index (χ3v) is 3.36. The van der Waals surface area contributed by atoms with E-state index in [1.807, 2.05) is 25.1 Å². The van der Waals surface area contributed by atoms with E-state index in [2.05, 4.69) is 26.1 Å². The molecule has 5 heteroatoms. The second kappa shape index (κ2) is 7.31. The molecule has 5 nitrogen and oxygen atoms in total. The molecule has 2 unspecified atom stereocenters. The summed E-state index contributed by atoms with van der Waals surface area (Å²) in [6.07, 6.45) is -0.671. The van der Waals surface area contributed by atoms with E-state index in [1.54, 1.807) is 0 Å². The number of ether oxygens (including phenoxy) is 3. The summed E-state index contributed by atoms with van der Waals surface area (Å²) in [5, 5.41) is 13.1. The van der Waals surface area contributed by atoms with E-state index in [9.17, 15) is 5.11 Å². The first-order chi connectivity index (χ1) is 10.3. The van der Waals surface area contributed by atoms with Crippen molar-refractivity contribution >= 4 is 0 Å². The second-order valence-electron chi connectivity index (χ2n) is 6.78. The van der Waals surface area contributed by atoms with Crippen molar-refractivity contribution in [3.05, 3.63) is 23.8 Å². The molecule has 0 amide bonds. The Labute approximate surface area is 132 Å². The van der Waals surface area contributed by atoms with Gasteiger partial charge < -0.3 is 24.6 Å². The van der Waals surface area contributed by atoms with E-state index in [0.717, 1.165) is 17.1 Å². The van der Waals surface area contributed by atoms with Crippen LogP contribution in [0.1, 0.15) is 26.3 Å². The first-order valence-electron chi connectivity index (χ1n) is 7.75. The summed E-state index contributed by atoms with van der Waals surface area (Å²) in [5.41, 5.74) is 1.06. The Morgan fingerprint density at radius 3 is 2.91 bits per heavy atom. The molecule has 0 aliphatic carbocycles. The van der Waals surface area contributed by atoms with Crippen molar-refractivity contribution in [2.45, 2.75) is 45.4 Å². The summed E-state index contributed by atoms with van der Waals surface area (Å²) in [6, 6.07) is 5.84. The molecule has 0 saturated heterocycles. The molecule has 1 aliphatic rings. The molecule has 0 saturated carbocycles. The van der Waals surface area contributed by atoms with Gasteiger partial charge in [-0.05, 0) is 39.3 Å². The highest BCUT2D eigenvalue weighted by atomic mass is 16.6. The number of hydrogen-bond acceptors (Lipinski definition) is 5. The van der Waals surface area contributed by atoms with Gasteiger partial charge in [-0.2, -0.15) is 0 Å². The highest BCUT2D eigenvalue weighted by Crippen LogP contribution is 2.34. The number of aryl methyl sites for hydroxylation is 1. The summed E-state index contributed by atoms with van der Waals surface area (Å²) in [7, 11) is 0. The summed E-state index contributed by atoms with van der Waals surface area (Å²) in [6.45, 7) is 9.84. The van der Waals surface area contributed by atoms with E-state index < -0.39 is 6.10 Å². The molecular weight excluding hydrogens is 282 g/mol. The van der Waals surface area contributed by atoms with Crippen molar-refractivity contribution in [1.82, 2.24) is 5.32 Å². The maximum atomic E-state index is 9.88. The molecule has 0 bridgehead atoms. The van der Waals surface area contributed by atoms with Gasteiger partial charge in [0.05, 0.1) is 19.3 Å². The van der Waals surface area contributed by atoms with Gasteiger partial charge in [0.1, 0.15) is 6.61 Å². The lowest BCUT2D eigenvalue weighted by atomic mass is 10.1. The molecule has 2 atom stereocenters. The molecule has 0 spiro atoms. The van der Waals surface area contributed by atoms with E-state index >= 15 is 0 Å². The monoisotopic (exact) mass is 309 g/mol. The molecule has 124 valence electrons. The minimum Gasteiger partial charge on any atom is -0.485 e. The third-order valence-electron chi connectivity index (χ3n) is 3.36. The number of benzene rings is 1. The Balaban J connectivity index is 1.70. The summed E-state index contributed by atoms with van der Waals surface area (Å²) in [5.74, 6) is 1.57. The zero-order valence-corrected chi connectivity index (χ0v) is 13.9. The van der Waals surface area contributed by atoms with Crippen LogP contribution < -0.4 is 14.8 Å². The zero-order valence-electron chi connectivity index (χ0n) is 13.9. The summed E-state index contributed by atoms with van der Waals surface area (Å²) >= 11 is 0. The molecule has 1 aromatic rings. The normalized spacial score (nSPS) is 19.0. The minimum atomic E-state index is -0.529. The molecule has 2 rings (SSSR count). The van der Waals surface area contributed by atoms with Crippen molar-refractivity contribution < 1.29 is 19.3 Å². The number of hydrogen-bond donors (Lipinski definition) is 2. The number of nitrogens with one attached hydrogen (secondary N) is 1. The van der Waals surface area contributed by atoms with Gasteiger partial charge in [0, 0.05) is 12.1 Å². The maximum absolute atomic E-state index is 9.88. The predicted molar refractivity (Wildman–Crippen MR) is 85.7 cm³/mol. The smallest absolute Gasteiger partial charge is 0.164 e. The molecule has 0 aromatic heterocycles. The van der Waals surface area contributed by atoms with Crippen molar-refractivity contribution in [1.29, 1.82) is 0 Å². The minimum absolute atomic E-state index is 0.0110. The zero-order chi connectivity index (χ0) is 16.2. The van der Waals surface area contributed by atoms with Crippen molar-refractivity contribution in [2.75, 3.05) is 26.4 Å². The van der Waals surface area contributed by atoms with E-state index in [4.69, 9.17) is 14.2 Å². The predicted octanol–water partition coefficient (Wildman–Crippen LogP) is 1.90. The molecule has 1 heterocycles. The van der Waals surface area contributed by atoms with Crippen LogP contribution in [0.25, 0.3) is 0 Å². The SMILES string of the molecule is Cc1cccc2c1OCC(COCC(O)CNC(C)(C)C)O2. The quantitative estimate of drug-likeness (QED) is 0.840. The van der Waals surface area contributed by atoms with E-state index in [0.29, 0.717) is 19.8 Å². The molecule has 0 fully saturated rings. The Hall–Kier alpha value is -1.30. The van der Waals surface area contributed by atoms with Gasteiger partial charge >= 0.3 is 0 Å². The largest absolute Gasteiger partial charge is 0.485 e.